The van der Waals surface area contributed by atoms with Gasteiger partial charge < -0.3 is 9.84 Å². The second-order valence-corrected chi connectivity index (χ2v) is 9.46. The standard InChI is InChI=1S/C32H25FN2O3/c33-24-15-13-21(14-16-24)18-35-19-26-27(20-35)31(29-25(12-7-17-34-29)28(26)32(36)37)38-30(22-8-3-1-4-9-22)23-10-5-2-6-11-23/h1-17,30H,18-20H2,(H,36,37). The average Bonchev–Trinajstić information content (AvgIpc) is 3.36. The van der Waals surface area contributed by atoms with Crippen LogP contribution in [0.15, 0.2) is 103 Å². The molecule has 2 heterocycles. The highest BCUT2D eigenvalue weighted by Gasteiger charge is 2.33. The van der Waals surface area contributed by atoms with Gasteiger partial charge >= 0.3 is 5.97 Å². The average molecular weight is 505 g/mol. The van der Waals surface area contributed by atoms with Crippen LogP contribution in [0.4, 0.5) is 4.39 Å². The Balaban J connectivity index is 1.49. The predicted octanol–water partition coefficient (Wildman–Crippen LogP) is 6.76. The molecule has 0 spiro atoms. The van der Waals surface area contributed by atoms with Crippen molar-refractivity contribution in [2.75, 3.05) is 0 Å². The lowest BCUT2D eigenvalue weighted by Crippen LogP contribution is -2.16. The lowest BCUT2D eigenvalue weighted by Gasteiger charge is -2.23. The molecule has 38 heavy (non-hydrogen) atoms. The molecular formula is C32H25FN2O3. The van der Waals surface area contributed by atoms with Gasteiger partial charge in [0.15, 0.2) is 5.75 Å². The minimum atomic E-state index is -0.989. The molecule has 1 N–H and O–H groups in total. The number of halogens is 1. The highest BCUT2D eigenvalue weighted by Crippen LogP contribution is 2.43. The quantitative estimate of drug-likeness (QED) is 0.265. The molecule has 1 aliphatic heterocycles. The second-order valence-electron chi connectivity index (χ2n) is 9.46. The van der Waals surface area contributed by atoms with Crippen molar-refractivity contribution in [3.8, 4) is 5.75 Å². The van der Waals surface area contributed by atoms with Crippen molar-refractivity contribution in [2.24, 2.45) is 0 Å². The van der Waals surface area contributed by atoms with E-state index in [4.69, 9.17) is 4.74 Å². The van der Waals surface area contributed by atoms with Gasteiger partial charge in [0, 0.05) is 36.8 Å². The first-order chi connectivity index (χ1) is 18.6. The first-order valence-electron chi connectivity index (χ1n) is 12.5. The molecule has 0 atom stereocenters. The maximum Gasteiger partial charge on any atom is 0.336 e. The van der Waals surface area contributed by atoms with E-state index in [1.807, 2.05) is 60.7 Å². The van der Waals surface area contributed by atoms with E-state index in [0.717, 1.165) is 27.8 Å². The zero-order valence-corrected chi connectivity index (χ0v) is 20.5. The fourth-order valence-electron chi connectivity index (χ4n) is 5.26. The Morgan fingerprint density at radius 3 is 2.13 bits per heavy atom. The number of fused-ring (bicyclic) bond motifs is 2. The van der Waals surface area contributed by atoms with Gasteiger partial charge in [0.2, 0.25) is 0 Å². The number of carboxylic acids is 1. The molecule has 0 amide bonds. The third kappa shape index (κ3) is 4.51. The van der Waals surface area contributed by atoms with Gasteiger partial charge in [0.1, 0.15) is 17.4 Å². The molecule has 6 rings (SSSR count). The van der Waals surface area contributed by atoms with E-state index in [1.165, 1.54) is 12.1 Å². The molecule has 0 unspecified atom stereocenters. The number of hydrogen-bond donors (Lipinski definition) is 1. The van der Waals surface area contributed by atoms with Crippen LogP contribution in [0.25, 0.3) is 10.9 Å². The maximum atomic E-state index is 13.5. The summed E-state index contributed by atoms with van der Waals surface area (Å²) >= 11 is 0. The number of aromatic nitrogens is 1. The molecule has 5 aromatic rings. The fourth-order valence-corrected chi connectivity index (χ4v) is 5.26. The molecule has 0 radical (unpaired) electrons. The molecule has 1 aliphatic rings. The Hall–Kier alpha value is -4.55. The smallest absolute Gasteiger partial charge is 0.336 e. The van der Waals surface area contributed by atoms with E-state index in [2.05, 4.69) is 9.88 Å². The van der Waals surface area contributed by atoms with Crippen LogP contribution in [0.1, 0.15) is 44.3 Å². The van der Waals surface area contributed by atoms with Crippen molar-refractivity contribution in [1.29, 1.82) is 0 Å². The second kappa shape index (κ2) is 10.1. The highest BCUT2D eigenvalue weighted by molar-refractivity contribution is 6.06. The van der Waals surface area contributed by atoms with Crippen molar-refractivity contribution in [1.82, 2.24) is 9.88 Å². The van der Waals surface area contributed by atoms with Gasteiger partial charge in [0.05, 0.1) is 5.56 Å². The van der Waals surface area contributed by atoms with E-state index in [9.17, 15) is 14.3 Å². The van der Waals surface area contributed by atoms with Crippen molar-refractivity contribution >= 4 is 16.9 Å². The normalized spacial score (nSPS) is 13.1. The van der Waals surface area contributed by atoms with Crippen LogP contribution in [-0.2, 0) is 19.6 Å². The number of ether oxygens (including phenoxy) is 1. The molecular weight excluding hydrogens is 479 g/mol. The molecule has 5 nitrogen and oxygen atoms in total. The summed E-state index contributed by atoms with van der Waals surface area (Å²) in [6.07, 6.45) is 1.26. The lowest BCUT2D eigenvalue weighted by atomic mass is 9.96. The van der Waals surface area contributed by atoms with E-state index in [0.29, 0.717) is 36.3 Å². The van der Waals surface area contributed by atoms with Gasteiger partial charge in [-0.25, -0.2) is 9.18 Å². The van der Waals surface area contributed by atoms with E-state index < -0.39 is 12.1 Å². The topological polar surface area (TPSA) is 62.7 Å². The molecule has 0 saturated heterocycles. The molecule has 188 valence electrons. The molecule has 0 bridgehead atoms. The van der Waals surface area contributed by atoms with E-state index in [1.54, 1.807) is 30.5 Å². The minimum Gasteiger partial charge on any atom is -0.478 e. The van der Waals surface area contributed by atoms with Gasteiger partial charge in [-0.05, 0) is 40.5 Å². The number of hydrogen-bond acceptors (Lipinski definition) is 4. The summed E-state index contributed by atoms with van der Waals surface area (Å²) in [5.41, 5.74) is 5.27. The van der Waals surface area contributed by atoms with Gasteiger partial charge in [-0.3, -0.25) is 9.88 Å². The van der Waals surface area contributed by atoms with Crippen LogP contribution < -0.4 is 4.74 Å². The van der Waals surface area contributed by atoms with Gasteiger partial charge in [-0.15, -0.1) is 0 Å². The van der Waals surface area contributed by atoms with Crippen LogP contribution >= 0.6 is 0 Å². The van der Waals surface area contributed by atoms with Gasteiger partial charge in [0.25, 0.3) is 0 Å². The van der Waals surface area contributed by atoms with Crippen molar-refractivity contribution < 1.29 is 19.0 Å². The molecule has 0 saturated carbocycles. The van der Waals surface area contributed by atoms with E-state index in [-0.39, 0.29) is 11.4 Å². The third-order valence-corrected chi connectivity index (χ3v) is 6.97. The summed E-state index contributed by atoms with van der Waals surface area (Å²) in [5.74, 6) is -0.676. The molecule has 1 aromatic heterocycles. The molecule has 0 fully saturated rings. The van der Waals surface area contributed by atoms with Crippen LogP contribution in [0.5, 0.6) is 5.75 Å². The molecule has 0 aliphatic carbocycles. The zero-order valence-electron chi connectivity index (χ0n) is 20.5. The lowest BCUT2D eigenvalue weighted by molar-refractivity contribution is 0.0697. The van der Waals surface area contributed by atoms with Gasteiger partial charge in [-0.1, -0.05) is 78.9 Å². The minimum absolute atomic E-state index is 0.257. The number of pyridine rings is 1. The summed E-state index contributed by atoms with van der Waals surface area (Å²) < 4.78 is 20.3. The SMILES string of the molecule is O=C(O)c1c2c(c(OC(c3ccccc3)c3ccccc3)c3ncccc13)CN(Cc1ccc(F)cc1)C2. The first-order valence-corrected chi connectivity index (χ1v) is 12.5. The van der Waals surface area contributed by atoms with Crippen LogP contribution in [-0.4, -0.2) is 21.0 Å². The van der Waals surface area contributed by atoms with Crippen LogP contribution in [0.3, 0.4) is 0 Å². The Labute approximate surface area is 219 Å². The zero-order chi connectivity index (χ0) is 26.1. The Morgan fingerprint density at radius 1 is 0.868 bits per heavy atom. The van der Waals surface area contributed by atoms with Crippen molar-refractivity contribution in [3.63, 3.8) is 0 Å². The number of carboxylic acid groups (broad SMARTS) is 1. The Bertz CT molecular complexity index is 1570. The van der Waals surface area contributed by atoms with Gasteiger partial charge in [-0.2, -0.15) is 0 Å². The molecule has 6 heteroatoms. The maximum absolute atomic E-state index is 13.5. The Morgan fingerprint density at radius 2 is 1.50 bits per heavy atom. The number of benzene rings is 4. The summed E-state index contributed by atoms with van der Waals surface area (Å²) in [6, 6.07) is 29.9. The van der Waals surface area contributed by atoms with Crippen LogP contribution in [0.2, 0.25) is 0 Å². The third-order valence-electron chi connectivity index (χ3n) is 6.97. The number of rotatable bonds is 7. The highest BCUT2D eigenvalue weighted by atomic mass is 19.1. The number of carbonyl (C=O) groups is 1. The number of aromatic carboxylic acids is 1. The predicted molar refractivity (Wildman–Crippen MR) is 143 cm³/mol. The summed E-state index contributed by atoms with van der Waals surface area (Å²) in [6.45, 7) is 1.49. The summed E-state index contributed by atoms with van der Waals surface area (Å²) in [4.78, 5) is 19.3. The number of nitrogens with zero attached hydrogens (tertiary/aromatic N) is 2. The first kappa shape index (κ1) is 23.8. The van der Waals surface area contributed by atoms with Crippen LogP contribution in [0, 0.1) is 5.82 Å². The summed E-state index contributed by atoms with van der Waals surface area (Å²) in [5, 5.41) is 10.8. The fraction of sp³-hybridized carbons (Fsp3) is 0.125. The van der Waals surface area contributed by atoms with E-state index >= 15 is 0 Å². The summed E-state index contributed by atoms with van der Waals surface area (Å²) in [7, 11) is 0. The Kier molecular flexibility index (Phi) is 6.32. The molecule has 4 aromatic carbocycles. The van der Waals surface area contributed by atoms with Crippen molar-refractivity contribution in [2.45, 2.75) is 25.7 Å². The largest absolute Gasteiger partial charge is 0.478 e. The monoisotopic (exact) mass is 504 g/mol. The van der Waals surface area contributed by atoms with Crippen molar-refractivity contribution in [3.05, 3.63) is 142 Å².